The molecule has 0 aromatic heterocycles. The summed E-state index contributed by atoms with van der Waals surface area (Å²) in [6.45, 7) is 0.521. The minimum atomic E-state index is -0.546. The Labute approximate surface area is 117 Å². The van der Waals surface area contributed by atoms with Gasteiger partial charge >= 0.3 is 0 Å². The highest BCUT2D eigenvalue weighted by atomic mass is 35.5. The standard InChI is InChI=1S/C13H17ClN2O3/c14-9-5-1-2-6-10-15-13(17)11-7-3-4-8-12(11)16(18)19/h3-4,7-8H,1-2,5-6,9-10H2,(H,15,17). The number of nitro groups is 1. The monoisotopic (exact) mass is 284 g/mol. The van der Waals surface area contributed by atoms with E-state index in [1.165, 1.54) is 12.1 Å². The fraction of sp³-hybridized carbons (Fsp3) is 0.462. The summed E-state index contributed by atoms with van der Waals surface area (Å²) in [5.74, 6) is 0.257. The number of carbonyl (C=O) groups is 1. The van der Waals surface area contributed by atoms with E-state index >= 15 is 0 Å². The third-order valence-corrected chi connectivity index (χ3v) is 2.96. The zero-order chi connectivity index (χ0) is 14.1. The molecule has 0 aliphatic heterocycles. The molecule has 0 unspecified atom stereocenters. The van der Waals surface area contributed by atoms with Gasteiger partial charge in [-0.15, -0.1) is 11.6 Å². The van der Waals surface area contributed by atoms with Crippen LogP contribution in [0.2, 0.25) is 0 Å². The number of halogens is 1. The summed E-state index contributed by atoms with van der Waals surface area (Å²) in [4.78, 5) is 22.1. The highest BCUT2D eigenvalue weighted by Crippen LogP contribution is 2.17. The summed E-state index contributed by atoms with van der Waals surface area (Å²) in [5, 5.41) is 13.5. The Balaban J connectivity index is 2.43. The smallest absolute Gasteiger partial charge is 0.282 e. The zero-order valence-corrected chi connectivity index (χ0v) is 11.4. The van der Waals surface area contributed by atoms with Crippen LogP contribution in [0.25, 0.3) is 0 Å². The summed E-state index contributed by atoms with van der Waals surface area (Å²) < 4.78 is 0. The van der Waals surface area contributed by atoms with Crippen molar-refractivity contribution in [2.75, 3.05) is 12.4 Å². The maximum absolute atomic E-state index is 11.8. The Hall–Kier alpha value is -1.62. The van der Waals surface area contributed by atoms with Crippen LogP contribution in [0.3, 0.4) is 0 Å². The fourth-order valence-corrected chi connectivity index (χ4v) is 1.88. The summed E-state index contributed by atoms with van der Waals surface area (Å²) in [7, 11) is 0. The van der Waals surface area contributed by atoms with Crippen LogP contribution in [0.4, 0.5) is 5.69 Å². The van der Waals surface area contributed by atoms with Crippen molar-refractivity contribution in [3.63, 3.8) is 0 Å². The molecule has 1 aromatic carbocycles. The molecule has 0 saturated carbocycles. The molecule has 0 radical (unpaired) electrons. The molecule has 0 aliphatic carbocycles. The first-order chi connectivity index (χ1) is 9.16. The number of unbranched alkanes of at least 4 members (excludes halogenated alkanes) is 3. The third-order valence-electron chi connectivity index (χ3n) is 2.69. The van der Waals surface area contributed by atoms with E-state index in [0.717, 1.165) is 25.7 Å². The number of carbonyl (C=O) groups excluding carboxylic acids is 1. The molecule has 1 aromatic rings. The zero-order valence-electron chi connectivity index (χ0n) is 10.6. The molecule has 1 rings (SSSR count). The number of nitrogens with zero attached hydrogens (tertiary/aromatic N) is 1. The Morgan fingerprint density at radius 2 is 1.89 bits per heavy atom. The number of para-hydroxylation sites is 1. The second-order valence-corrected chi connectivity index (χ2v) is 4.51. The van der Waals surface area contributed by atoms with Gasteiger partial charge in [0.2, 0.25) is 0 Å². The number of amides is 1. The van der Waals surface area contributed by atoms with Gasteiger partial charge in [-0.05, 0) is 18.9 Å². The predicted molar refractivity (Wildman–Crippen MR) is 74.6 cm³/mol. The largest absolute Gasteiger partial charge is 0.352 e. The topological polar surface area (TPSA) is 72.2 Å². The molecule has 5 nitrogen and oxygen atoms in total. The second kappa shape index (κ2) is 8.48. The molecule has 0 spiro atoms. The lowest BCUT2D eigenvalue weighted by Gasteiger charge is -2.05. The molecule has 0 heterocycles. The molecule has 0 atom stereocenters. The number of nitro benzene ring substituents is 1. The van der Waals surface area contributed by atoms with E-state index in [4.69, 9.17) is 11.6 Å². The number of benzene rings is 1. The van der Waals surface area contributed by atoms with Crippen LogP contribution in [0.15, 0.2) is 24.3 Å². The number of nitrogens with one attached hydrogen (secondary N) is 1. The number of hydrogen-bond donors (Lipinski definition) is 1. The molecule has 0 fully saturated rings. The van der Waals surface area contributed by atoms with E-state index < -0.39 is 10.8 Å². The lowest BCUT2D eigenvalue weighted by Crippen LogP contribution is -2.25. The SMILES string of the molecule is O=C(NCCCCCCCl)c1ccccc1[N+](=O)[O-]. The Morgan fingerprint density at radius 3 is 2.58 bits per heavy atom. The van der Waals surface area contributed by atoms with Gasteiger partial charge in [-0.3, -0.25) is 14.9 Å². The summed E-state index contributed by atoms with van der Waals surface area (Å²) in [5.41, 5.74) is -0.0598. The van der Waals surface area contributed by atoms with Crippen molar-refractivity contribution in [1.29, 1.82) is 0 Å². The number of hydrogen-bond acceptors (Lipinski definition) is 3. The van der Waals surface area contributed by atoms with Crippen molar-refractivity contribution >= 4 is 23.2 Å². The molecule has 104 valence electrons. The van der Waals surface area contributed by atoms with E-state index in [1.807, 2.05) is 0 Å². The summed E-state index contributed by atoms with van der Waals surface area (Å²) in [6, 6.07) is 5.94. The Bertz CT molecular complexity index is 438. The summed E-state index contributed by atoms with van der Waals surface area (Å²) in [6.07, 6.45) is 3.84. The van der Waals surface area contributed by atoms with Crippen LogP contribution in [-0.4, -0.2) is 23.3 Å². The van der Waals surface area contributed by atoms with Gasteiger partial charge in [-0.25, -0.2) is 0 Å². The van der Waals surface area contributed by atoms with Gasteiger partial charge in [-0.1, -0.05) is 25.0 Å². The highest BCUT2D eigenvalue weighted by Gasteiger charge is 2.18. The van der Waals surface area contributed by atoms with Crippen LogP contribution >= 0.6 is 11.6 Å². The van der Waals surface area contributed by atoms with Crippen LogP contribution in [0, 0.1) is 10.1 Å². The van der Waals surface area contributed by atoms with Crippen molar-refractivity contribution in [3.8, 4) is 0 Å². The fourth-order valence-electron chi connectivity index (χ4n) is 1.70. The average molecular weight is 285 g/mol. The van der Waals surface area contributed by atoms with Crippen molar-refractivity contribution in [2.24, 2.45) is 0 Å². The predicted octanol–water partition coefficient (Wildman–Crippen LogP) is 3.12. The van der Waals surface area contributed by atoms with Crippen molar-refractivity contribution in [3.05, 3.63) is 39.9 Å². The van der Waals surface area contributed by atoms with Crippen LogP contribution in [-0.2, 0) is 0 Å². The van der Waals surface area contributed by atoms with Gasteiger partial charge in [0, 0.05) is 18.5 Å². The molecule has 1 N–H and O–H groups in total. The highest BCUT2D eigenvalue weighted by molar-refractivity contribution is 6.17. The molecule has 6 heteroatoms. The molecule has 0 bridgehead atoms. The third kappa shape index (κ3) is 5.26. The normalized spacial score (nSPS) is 10.2. The van der Waals surface area contributed by atoms with E-state index in [0.29, 0.717) is 12.4 Å². The molecular weight excluding hydrogens is 268 g/mol. The first-order valence-corrected chi connectivity index (χ1v) is 6.78. The van der Waals surface area contributed by atoms with E-state index in [-0.39, 0.29) is 11.3 Å². The second-order valence-electron chi connectivity index (χ2n) is 4.13. The number of alkyl halides is 1. The Morgan fingerprint density at radius 1 is 1.21 bits per heavy atom. The van der Waals surface area contributed by atoms with E-state index in [2.05, 4.69) is 5.32 Å². The summed E-state index contributed by atoms with van der Waals surface area (Å²) >= 11 is 5.56. The van der Waals surface area contributed by atoms with Crippen molar-refractivity contribution in [2.45, 2.75) is 25.7 Å². The van der Waals surface area contributed by atoms with Crippen LogP contribution in [0.1, 0.15) is 36.0 Å². The minimum Gasteiger partial charge on any atom is -0.352 e. The Kier molecular flexibility index (Phi) is 6.89. The van der Waals surface area contributed by atoms with Gasteiger partial charge in [0.25, 0.3) is 11.6 Å². The van der Waals surface area contributed by atoms with Gasteiger partial charge in [0.05, 0.1) is 4.92 Å². The molecular formula is C13H17ClN2O3. The van der Waals surface area contributed by atoms with Gasteiger partial charge in [0.15, 0.2) is 0 Å². The van der Waals surface area contributed by atoms with Gasteiger partial charge < -0.3 is 5.32 Å². The van der Waals surface area contributed by atoms with Crippen molar-refractivity contribution < 1.29 is 9.72 Å². The first kappa shape index (κ1) is 15.4. The van der Waals surface area contributed by atoms with Crippen molar-refractivity contribution in [1.82, 2.24) is 5.32 Å². The molecule has 0 saturated heterocycles. The lowest BCUT2D eigenvalue weighted by atomic mass is 10.1. The van der Waals surface area contributed by atoms with Gasteiger partial charge in [-0.2, -0.15) is 0 Å². The molecule has 1 amide bonds. The maximum Gasteiger partial charge on any atom is 0.282 e. The molecule has 0 aliphatic rings. The lowest BCUT2D eigenvalue weighted by molar-refractivity contribution is -0.385. The first-order valence-electron chi connectivity index (χ1n) is 6.24. The van der Waals surface area contributed by atoms with E-state index in [1.54, 1.807) is 12.1 Å². The van der Waals surface area contributed by atoms with Crippen LogP contribution in [0.5, 0.6) is 0 Å². The average Bonchev–Trinajstić information content (AvgIpc) is 2.42. The minimum absolute atomic E-state index is 0.105. The quantitative estimate of drug-likeness (QED) is 0.345. The van der Waals surface area contributed by atoms with Gasteiger partial charge in [0.1, 0.15) is 5.56 Å². The number of rotatable bonds is 8. The molecule has 19 heavy (non-hydrogen) atoms. The van der Waals surface area contributed by atoms with Crippen LogP contribution < -0.4 is 5.32 Å². The van der Waals surface area contributed by atoms with E-state index in [9.17, 15) is 14.9 Å². The maximum atomic E-state index is 11.8.